The molecule has 1 saturated carbocycles. The second-order valence-electron chi connectivity index (χ2n) is 7.17. The number of nitrogens with zero attached hydrogens (tertiary/aromatic N) is 1. The topological polar surface area (TPSA) is 65.5 Å². The second kappa shape index (κ2) is 13.0. The number of halogens is 1. The molecule has 27 heavy (non-hydrogen) atoms. The zero-order valence-corrected chi connectivity index (χ0v) is 19.2. The van der Waals surface area contributed by atoms with Crippen LogP contribution < -0.4 is 16.0 Å². The van der Waals surface area contributed by atoms with Crippen molar-refractivity contribution in [3.05, 3.63) is 29.8 Å². The van der Waals surface area contributed by atoms with Crippen LogP contribution in [0.15, 0.2) is 29.3 Å². The van der Waals surface area contributed by atoms with Crippen LogP contribution in [-0.2, 0) is 11.3 Å². The number of rotatable bonds is 7. The van der Waals surface area contributed by atoms with Gasteiger partial charge in [0.25, 0.3) is 0 Å². The maximum Gasteiger partial charge on any atom is 0.227 e. The highest BCUT2D eigenvalue weighted by molar-refractivity contribution is 14.0. The Morgan fingerprint density at radius 3 is 2.63 bits per heavy atom. The minimum atomic E-state index is 0. The predicted molar refractivity (Wildman–Crippen MR) is 125 cm³/mol. The van der Waals surface area contributed by atoms with E-state index in [4.69, 9.17) is 0 Å². The summed E-state index contributed by atoms with van der Waals surface area (Å²) >= 11 is 0. The molecule has 0 aromatic heterocycles. The molecule has 1 amide bonds. The van der Waals surface area contributed by atoms with Gasteiger partial charge in [-0.25, -0.2) is 4.99 Å². The largest absolute Gasteiger partial charge is 0.357 e. The maximum atomic E-state index is 12.4. The van der Waals surface area contributed by atoms with Crippen LogP contribution in [0.4, 0.5) is 5.69 Å². The van der Waals surface area contributed by atoms with E-state index in [1.807, 2.05) is 24.3 Å². The van der Waals surface area contributed by atoms with Gasteiger partial charge >= 0.3 is 0 Å². The lowest BCUT2D eigenvalue weighted by Crippen LogP contribution is -2.41. The summed E-state index contributed by atoms with van der Waals surface area (Å²) in [5.41, 5.74) is 1.96. The minimum Gasteiger partial charge on any atom is -0.357 e. The molecular formula is C21H35IN4O. The zero-order valence-electron chi connectivity index (χ0n) is 16.9. The number of amides is 1. The fourth-order valence-corrected chi connectivity index (χ4v) is 3.18. The molecular weight excluding hydrogens is 451 g/mol. The van der Waals surface area contributed by atoms with Gasteiger partial charge in [-0.05, 0) is 50.8 Å². The van der Waals surface area contributed by atoms with Crippen LogP contribution >= 0.6 is 24.0 Å². The molecule has 2 rings (SSSR count). The minimum absolute atomic E-state index is 0. The van der Waals surface area contributed by atoms with Gasteiger partial charge in [0, 0.05) is 24.2 Å². The summed E-state index contributed by atoms with van der Waals surface area (Å²) in [6.07, 6.45) is 6.68. The van der Waals surface area contributed by atoms with E-state index >= 15 is 0 Å². The van der Waals surface area contributed by atoms with Crippen molar-refractivity contribution in [1.29, 1.82) is 0 Å². The van der Waals surface area contributed by atoms with Gasteiger partial charge in [0.05, 0.1) is 6.54 Å². The summed E-state index contributed by atoms with van der Waals surface area (Å²) in [5, 5.41) is 9.76. The Kier molecular flexibility index (Phi) is 11.4. The summed E-state index contributed by atoms with van der Waals surface area (Å²) in [7, 11) is 0. The third-order valence-corrected chi connectivity index (χ3v) is 4.93. The van der Waals surface area contributed by atoms with Crippen LogP contribution in [0, 0.1) is 5.92 Å². The van der Waals surface area contributed by atoms with Crippen molar-refractivity contribution in [2.24, 2.45) is 10.9 Å². The molecule has 0 aliphatic heterocycles. The molecule has 0 heterocycles. The molecule has 1 aliphatic rings. The molecule has 5 nitrogen and oxygen atoms in total. The summed E-state index contributed by atoms with van der Waals surface area (Å²) in [6.45, 7) is 7.78. The fourth-order valence-electron chi connectivity index (χ4n) is 3.18. The first kappa shape index (κ1) is 23.7. The van der Waals surface area contributed by atoms with E-state index in [0.29, 0.717) is 12.6 Å². The molecule has 3 N–H and O–H groups in total. The van der Waals surface area contributed by atoms with E-state index in [2.05, 4.69) is 41.7 Å². The van der Waals surface area contributed by atoms with Crippen molar-refractivity contribution in [1.82, 2.24) is 10.6 Å². The van der Waals surface area contributed by atoms with Gasteiger partial charge in [-0.1, -0.05) is 38.3 Å². The van der Waals surface area contributed by atoms with E-state index in [1.54, 1.807) is 0 Å². The number of carbonyl (C=O) groups excluding carboxylic acids is 1. The van der Waals surface area contributed by atoms with Gasteiger partial charge in [-0.15, -0.1) is 24.0 Å². The average Bonchev–Trinajstić information content (AvgIpc) is 2.67. The number of aliphatic imine (C=N–C) groups is 1. The highest BCUT2D eigenvalue weighted by Gasteiger charge is 2.20. The lowest BCUT2D eigenvalue weighted by molar-refractivity contribution is -0.120. The Morgan fingerprint density at radius 1 is 1.22 bits per heavy atom. The van der Waals surface area contributed by atoms with Gasteiger partial charge in [0.15, 0.2) is 5.96 Å². The molecule has 1 aliphatic carbocycles. The maximum absolute atomic E-state index is 12.4. The number of hydrogen-bond donors (Lipinski definition) is 3. The first-order valence-corrected chi connectivity index (χ1v) is 10.1. The zero-order chi connectivity index (χ0) is 18.8. The molecule has 6 heteroatoms. The van der Waals surface area contributed by atoms with E-state index in [-0.39, 0.29) is 35.8 Å². The normalized spacial score (nSPS) is 16.2. The number of hydrogen-bond acceptors (Lipinski definition) is 2. The van der Waals surface area contributed by atoms with Crippen molar-refractivity contribution < 1.29 is 4.79 Å². The quantitative estimate of drug-likeness (QED) is 0.298. The molecule has 1 unspecified atom stereocenters. The Hall–Kier alpha value is -1.31. The highest BCUT2D eigenvalue weighted by atomic mass is 127. The van der Waals surface area contributed by atoms with Gasteiger partial charge in [-0.3, -0.25) is 4.79 Å². The summed E-state index contributed by atoms with van der Waals surface area (Å²) in [6, 6.07) is 8.39. The third kappa shape index (κ3) is 8.49. The first-order chi connectivity index (χ1) is 12.6. The Balaban J connectivity index is 0.00000364. The van der Waals surface area contributed by atoms with Crippen LogP contribution in [0.1, 0.15) is 64.9 Å². The molecule has 0 saturated heterocycles. The lowest BCUT2D eigenvalue weighted by atomic mass is 9.88. The van der Waals surface area contributed by atoms with Crippen molar-refractivity contribution in [3.8, 4) is 0 Å². The molecule has 1 aromatic rings. The van der Waals surface area contributed by atoms with Crippen molar-refractivity contribution >= 4 is 41.5 Å². The van der Waals surface area contributed by atoms with Crippen LogP contribution in [0.5, 0.6) is 0 Å². The summed E-state index contributed by atoms with van der Waals surface area (Å²) in [5.74, 6) is 1.17. The molecule has 1 atom stereocenters. The standard InChI is InChI=1S/C21H34N4O.HI/c1-4-16(3)24-21(22-5-2)23-15-17-10-9-13-19(14-17)25-20(26)18-11-7-6-8-12-18;/h9-10,13-14,16,18H,4-8,11-12,15H2,1-3H3,(H,25,26)(H2,22,23,24);1H. The Bertz CT molecular complexity index is 600. The van der Waals surface area contributed by atoms with Crippen LogP contribution in [0.25, 0.3) is 0 Å². The molecule has 152 valence electrons. The molecule has 0 bridgehead atoms. The molecule has 1 aromatic carbocycles. The van der Waals surface area contributed by atoms with E-state index in [0.717, 1.165) is 43.0 Å². The number of carbonyl (C=O) groups is 1. The van der Waals surface area contributed by atoms with Gasteiger partial charge < -0.3 is 16.0 Å². The van der Waals surface area contributed by atoms with E-state index < -0.39 is 0 Å². The lowest BCUT2D eigenvalue weighted by Gasteiger charge is -2.20. The van der Waals surface area contributed by atoms with Crippen LogP contribution in [0.3, 0.4) is 0 Å². The van der Waals surface area contributed by atoms with Gasteiger partial charge in [-0.2, -0.15) is 0 Å². The summed E-state index contributed by atoms with van der Waals surface area (Å²) in [4.78, 5) is 17.1. The SMILES string of the molecule is CCNC(=NCc1cccc(NC(=O)C2CCCCC2)c1)NC(C)CC.I. The monoisotopic (exact) mass is 486 g/mol. The predicted octanol–water partition coefficient (Wildman–Crippen LogP) is 4.68. The Labute approximate surface area is 181 Å². The fraction of sp³-hybridized carbons (Fsp3) is 0.619. The first-order valence-electron chi connectivity index (χ1n) is 10.1. The number of benzene rings is 1. The molecule has 0 spiro atoms. The third-order valence-electron chi connectivity index (χ3n) is 4.93. The average molecular weight is 486 g/mol. The van der Waals surface area contributed by atoms with Crippen molar-refractivity contribution in [2.75, 3.05) is 11.9 Å². The van der Waals surface area contributed by atoms with Gasteiger partial charge in [0.1, 0.15) is 0 Å². The van der Waals surface area contributed by atoms with Gasteiger partial charge in [0.2, 0.25) is 5.91 Å². The van der Waals surface area contributed by atoms with E-state index in [9.17, 15) is 4.79 Å². The van der Waals surface area contributed by atoms with E-state index in [1.165, 1.54) is 19.3 Å². The summed E-state index contributed by atoms with van der Waals surface area (Å²) < 4.78 is 0. The highest BCUT2D eigenvalue weighted by Crippen LogP contribution is 2.25. The number of anilines is 1. The Morgan fingerprint density at radius 2 is 1.96 bits per heavy atom. The van der Waals surface area contributed by atoms with Crippen molar-refractivity contribution in [2.45, 2.75) is 71.9 Å². The smallest absolute Gasteiger partial charge is 0.227 e. The van der Waals surface area contributed by atoms with Crippen molar-refractivity contribution in [3.63, 3.8) is 0 Å². The molecule has 1 fully saturated rings. The van der Waals surface area contributed by atoms with Crippen LogP contribution in [0.2, 0.25) is 0 Å². The number of guanidine groups is 1. The number of nitrogens with one attached hydrogen (secondary N) is 3. The second-order valence-corrected chi connectivity index (χ2v) is 7.17. The van der Waals surface area contributed by atoms with Crippen LogP contribution in [-0.4, -0.2) is 24.5 Å². The molecule has 0 radical (unpaired) electrons.